The van der Waals surface area contributed by atoms with Crippen molar-refractivity contribution in [1.82, 2.24) is 0 Å². The first-order valence-electron chi connectivity index (χ1n) is 7.26. The van der Waals surface area contributed by atoms with Gasteiger partial charge in [-0.15, -0.1) is 0 Å². The molecule has 0 radical (unpaired) electrons. The Bertz CT molecular complexity index is 483. The first-order chi connectivity index (χ1) is 8.68. The van der Waals surface area contributed by atoms with Crippen molar-refractivity contribution < 1.29 is 19.7 Å². The number of fused-ring (bicyclic) bond motifs is 1. The molecule has 4 nitrogen and oxygen atoms in total. The van der Waals surface area contributed by atoms with Crippen LogP contribution in [0.25, 0.3) is 0 Å². The van der Waals surface area contributed by atoms with Gasteiger partial charge >= 0.3 is 5.97 Å². The third-order valence-corrected chi connectivity index (χ3v) is 6.75. The van der Waals surface area contributed by atoms with Crippen LogP contribution < -0.4 is 0 Å². The Balaban J connectivity index is 1.85. The van der Waals surface area contributed by atoms with Crippen LogP contribution in [0.4, 0.5) is 0 Å². The summed E-state index contributed by atoms with van der Waals surface area (Å²) in [5.41, 5.74) is -2.25. The number of ether oxygens (including phenoxy) is 1. The number of hydrogen-bond acceptors (Lipinski definition) is 4. The maximum atomic E-state index is 12.2. The zero-order valence-corrected chi connectivity index (χ0v) is 11.8. The van der Waals surface area contributed by atoms with E-state index in [4.69, 9.17) is 4.74 Å². The molecule has 0 aromatic carbocycles. The van der Waals surface area contributed by atoms with Gasteiger partial charge in [-0.25, -0.2) is 0 Å². The van der Waals surface area contributed by atoms with Crippen LogP contribution in [0.15, 0.2) is 0 Å². The molecule has 4 aliphatic rings. The van der Waals surface area contributed by atoms with Crippen molar-refractivity contribution >= 4 is 5.97 Å². The average molecular weight is 266 g/mol. The van der Waals surface area contributed by atoms with Crippen LogP contribution in [0.5, 0.6) is 0 Å². The van der Waals surface area contributed by atoms with Gasteiger partial charge < -0.3 is 14.9 Å². The second-order valence-corrected chi connectivity index (χ2v) is 8.25. The van der Waals surface area contributed by atoms with Gasteiger partial charge in [0.25, 0.3) is 0 Å². The van der Waals surface area contributed by atoms with Gasteiger partial charge in [-0.05, 0) is 43.4 Å². The highest BCUT2D eigenvalue weighted by atomic mass is 16.5. The third-order valence-electron chi connectivity index (χ3n) is 6.75. The molecular weight excluding hydrogens is 244 g/mol. The lowest BCUT2D eigenvalue weighted by molar-refractivity contribution is -0.172. The molecular formula is C15H22O4. The molecule has 0 aromatic heterocycles. The van der Waals surface area contributed by atoms with Gasteiger partial charge in [-0.2, -0.15) is 0 Å². The summed E-state index contributed by atoms with van der Waals surface area (Å²) in [5, 5.41) is 21.9. The summed E-state index contributed by atoms with van der Waals surface area (Å²) in [6, 6.07) is 0. The molecule has 19 heavy (non-hydrogen) atoms. The minimum Gasteiger partial charge on any atom is -0.464 e. The summed E-state index contributed by atoms with van der Waals surface area (Å²) in [6.07, 6.45) is 1.87. The summed E-state index contributed by atoms with van der Waals surface area (Å²) in [6.45, 7) is 6.45. The molecule has 4 heteroatoms. The lowest BCUT2D eigenvalue weighted by Crippen LogP contribution is -2.58. The van der Waals surface area contributed by atoms with Gasteiger partial charge in [-0.3, -0.25) is 4.79 Å². The molecule has 0 unspecified atom stereocenters. The van der Waals surface area contributed by atoms with Crippen molar-refractivity contribution in [2.24, 2.45) is 28.1 Å². The quantitative estimate of drug-likeness (QED) is 0.644. The van der Waals surface area contributed by atoms with E-state index >= 15 is 0 Å². The Morgan fingerprint density at radius 2 is 1.95 bits per heavy atom. The van der Waals surface area contributed by atoms with E-state index < -0.39 is 22.5 Å². The summed E-state index contributed by atoms with van der Waals surface area (Å²) in [5.74, 6) is -0.200. The number of aliphatic hydroxyl groups is 2. The topological polar surface area (TPSA) is 66.8 Å². The Hall–Kier alpha value is -0.610. The molecule has 106 valence electrons. The first-order valence-corrected chi connectivity index (χ1v) is 7.26. The molecule has 1 saturated heterocycles. The summed E-state index contributed by atoms with van der Waals surface area (Å²) < 4.78 is 5.21. The van der Waals surface area contributed by atoms with Crippen molar-refractivity contribution in [3.05, 3.63) is 0 Å². The van der Waals surface area contributed by atoms with E-state index in [0.29, 0.717) is 6.42 Å². The second kappa shape index (κ2) is 2.86. The highest BCUT2D eigenvalue weighted by molar-refractivity contribution is 5.87. The van der Waals surface area contributed by atoms with Crippen LogP contribution >= 0.6 is 0 Å². The zero-order chi connectivity index (χ0) is 13.8. The monoisotopic (exact) mass is 266 g/mol. The van der Waals surface area contributed by atoms with Crippen LogP contribution in [-0.2, 0) is 9.53 Å². The Labute approximate surface area is 113 Å². The maximum Gasteiger partial charge on any atom is 0.315 e. The van der Waals surface area contributed by atoms with Gasteiger partial charge in [0.15, 0.2) is 0 Å². The van der Waals surface area contributed by atoms with E-state index in [1.165, 1.54) is 0 Å². The number of carbonyl (C=O) groups excluding carboxylic acids is 1. The van der Waals surface area contributed by atoms with Gasteiger partial charge in [0.05, 0.1) is 17.1 Å². The molecule has 4 fully saturated rings. The van der Waals surface area contributed by atoms with E-state index in [2.05, 4.69) is 13.8 Å². The Morgan fingerprint density at radius 3 is 2.63 bits per heavy atom. The van der Waals surface area contributed by atoms with Crippen LogP contribution in [0.3, 0.4) is 0 Å². The van der Waals surface area contributed by atoms with Crippen LogP contribution in [0.1, 0.15) is 40.0 Å². The molecule has 3 aliphatic carbocycles. The maximum absolute atomic E-state index is 12.2. The molecule has 1 aliphatic heterocycles. The van der Waals surface area contributed by atoms with Gasteiger partial charge in [0.1, 0.15) is 12.0 Å². The highest BCUT2D eigenvalue weighted by Crippen LogP contribution is 2.81. The zero-order valence-electron chi connectivity index (χ0n) is 11.8. The number of esters is 1. The van der Waals surface area contributed by atoms with Crippen LogP contribution in [-0.4, -0.2) is 34.5 Å². The fourth-order valence-corrected chi connectivity index (χ4v) is 5.81. The fourth-order valence-electron chi connectivity index (χ4n) is 5.81. The SMILES string of the molecule is CC1(C)C[C@@H]2[C@@H](O)[C@]34COC(=O)[C@@]3(C4)[C@](C)(O)[C@@H]2C1. The number of hydrogen-bond donors (Lipinski definition) is 2. The van der Waals surface area contributed by atoms with Crippen molar-refractivity contribution in [1.29, 1.82) is 0 Å². The normalized spacial score (nSPS) is 61.1. The van der Waals surface area contributed by atoms with E-state index in [1.807, 2.05) is 0 Å². The van der Waals surface area contributed by atoms with Gasteiger partial charge in [0.2, 0.25) is 0 Å². The fraction of sp³-hybridized carbons (Fsp3) is 0.933. The summed E-state index contributed by atoms with van der Waals surface area (Å²) in [7, 11) is 0. The number of aliphatic hydroxyl groups excluding tert-OH is 1. The Kier molecular flexibility index (Phi) is 1.83. The van der Waals surface area contributed by atoms with Gasteiger partial charge in [0, 0.05) is 0 Å². The number of cyclic esters (lactones) is 1. The molecule has 4 rings (SSSR count). The minimum atomic E-state index is -1.04. The molecule has 1 heterocycles. The van der Waals surface area contributed by atoms with E-state index in [9.17, 15) is 15.0 Å². The molecule has 6 atom stereocenters. The third kappa shape index (κ3) is 1.03. The molecule has 0 bridgehead atoms. The van der Waals surface area contributed by atoms with Crippen LogP contribution in [0.2, 0.25) is 0 Å². The highest BCUT2D eigenvalue weighted by Gasteiger charge is 2.90. The standard InChI is InChI=1S/C15H22O4/c1-12(2)4-8-9(5-12)13(3,18)15-6-14(15,10(8)16)7-19-11(15)17/h8-10,16,18H,4-7H2,1-3H3/t8-,9+,10+,13+,14-,15-/m0/s1. The molecule has 0 aromatic rings. The number of rotatable bonds is 0. The van der Waals surface area contributed by atoms with Crippen molar-refractivity contribution in [2.45, 2.75) is 51.7 Å². The van der Waals surface area contributed by atoms with Crippen LogP contribution in [0, 0.1) is 28.1 Å². The largest absolute Gasteiger partial charge is 0.464 e. The van der Waals surface area contributed by atoms with Crippen molar-refractivity contribution in [3.63, 3.8) is 0 Å². The van der Waals surface area contributed by atoms with Crippen molar-refractivity contribution in [2.75, 3.05) is 6.61 Å². The minimum absolute atomic E-state index is 0.00113. The number of carbonyl (C=O) groups is 1. The predicted octanol–water partition coefficient (Wildman–Crippen LogP) is 1.10. The molecule has 2 N–H and O–H groups in total. The molecule has 3 saturated carbocycles. The lowest BCUT2D eigenvalue weighted by atomic mass is 9.60. The van der Waals surface area contributed by atoms with E-state index in [-0.39, 0.29) is 29.8 Å². The van der Waals surface area contributed by atoms with E-state index in [0.717, 1.165) is 12.8 Å². The molecule has 0 spiro atoms. The summed E-state index contributed by atoms with van der Waals surface area (Å²) >= 11 is 0. The smallest absolute Gasteiger partial charge is 0.315 e. The predicted molar refractivity (Wildman–Crippen MR) is 67.1 cm³/mol. The Morgan fingerprint density at radius 1 is 1.26 bits per heavy atom. The van der Waals surface area contributed by atoms with Crippen molar-refractivity contribution in [3.8, 4) is 0 Å². The molecule has 0 amide bonds. The first kappa shape index (κ1) is 12.2. The summed E-state index contributed by atoms with van der Waals surface area (Å²) in [4.78, 5) is 12.2. The average Bonchev–Trinajstić information content (AvgIpc) is 2.80. The second-order valence-electron chi connectivity index (χ2n) is 8.25. The van der Waals surface area contributed by atoms with E-state index in [1.54, 1.807) is 6.92 Å². The lowest BCUT2D eigenvalue weighted by Gasteiger charge is -2.47. The van der Waals surface area contributed by atoms with Gasteiger partial charge in [-0.1, -0.05) is 13.8 Å².